The van der Waals surface area contributed by atoms with Crippen LogP contribution >= 0.6 is 0 Å². The molecule has 5 heteroatoms. The molecule has 3 N–H and O–H groups in total. The van der Waals surface area contributed by atoms with Gasteiger partial charge in [-0.05, 0) is 38.5 Å². The van der Waals surface area contributed by atoms with Gasteiger partial charge >= 0.3 is 12.0 Å². The van der Waals surface area contributed by atoms with E-state index in [0.717, 1.165) is 51.4 Å². The van der Waals surface area contributed by atoms with Crippen LogP contribution in [0.2, 0.25) is 0 Å². The normalized spacial score (nSPS) is 11.5. The summed E-state index contributed by atoms with van der Waals surface area (Å²) in [6.45, 7) is 2.14. The van der Waals surface area contributed by atoms with E-state index in [4.69, 9.17) is 5.73 Å². The number of hydrogen-bond donors (Lipinski definition) is 2. The number of allylic oxidation sites excluding steroid dienone is 6. The molecular weight excluding hydrogens is 304 g/mol. The third-order valence-electron chi connectivity index (χ3n) is 3.30. The first-order chi connectivity index (χ1) is 11.7. The van der Waals surface area contributed by atoms with Crippen molar-refractivity contribution in [2.75, 3.05) is 0 Å². The molecule has 5 nitrogen and oxygen atoms in total. The molecular formula is C19H32N2O3. The van der Waals surface area contributed by atoms with Crippen LogP contribution in [0, 0.1) is 0 Å². The summed E-state index contributed by atoms with van der Waals surface area (Å²) < 4.78 is 0. The number of hydroxylamine groups is 1. The van der Waals surface area contributed by atoms with Gasteiger partial charge in [0.1, 0.15) is 0 Å². The Balaban J connectivity index is 3.32. The summed E-state index contributed by atoms with van der Waals surface area (Å²) in [4.78, 5) is 26.0. The maximum Gasteiger partial charge on any atom is 0.345 e. The highest BCUT2D eigenvalue weighted by atomic mass is 16.7. The molecule has 24 heavy (non-hydrogen) atoms. The van der Waals surface area contributed by atoms with E-state index in [1.54, 1.807) is 0 Å². The Hall–Kier alpha value is -2.04. The van der Waals surface area contributed by atoms with Gasteiger partial charge < -0.3 is 10.6 Å². The Kier molecular flexibility index (Phi) is 15.8. The lowest BCUT2D eigenvalue weighted by Gasteiger charge is -2.02. The number of rotatable bonds is 13. The predicted molar refractivity (Wildman–Crippen MR) is 98.1 cm³/mol. The van der Waals surface area contributed by atoms with Crippen molar-refractivity contribution in [2.45, 2.75) is 71.1 Å². The predicted octanol–water partition coefficient (Wildman–Crippen LogP) is 4.70. The van der Waals surface area contributed by atoms with Gasteiger partial charge in [0.2, 0.25) is 0 Å². The number of amides is 2. The van der Waals surface area contributed by atoms with E-state index in [2.05, 4.69) is 48.2 Å². The second-order valence-corrected chi connectivity index (χ2v) is 5.54. The van der Waals surface area contributed by atoms with Crippen molar-refractivity contribution in [1.29, 1.82) is 0 Å². The molecule has 0 fully saturated rings. The molecule has 0 unspecified atom stereocenters. The summed E-state index contributed by atoms with van der Waals surface area (Å²) >= 11 is 0. The first-order valence-electron chi connectivity index (χ1n) is 8.87. The van der Waals surface area contributed by atoms with Gasteiger partial charge in [-0.25, -0.2) is 9.59 Å². The number of nitrogens with one attached hydrogen (secondary N) is 1. The average Bonchev–Trinajstić information content (AvgIpc) is 2.56. The zero-order valence-electron chi connectivity index (χ0n) is 14.8. The van der Waals surface area contributed by atoms with Crippen LogP contribution in [-0.2, 0) is 9.63 Å². The molecule has 0 aliphatic heterocycles. The van der Waals surface area contributed by atoms with E-state index in [-0.39, 0.29) is 0 Å². The molecule has 0 saturated heterocycles. The number of nitrogens with two attached hydrogens (primary N) is 1. The molecule has 136 valence electrons. The minimum atomic E-state index is -0.861. The summed E-state index contributed by atoms with van der Waals surface area (Å²) in [5, 5.41) is 0. The monoisotopic (exact) mass is 336 g/mol. The first kappa shape index (κ1) is 22.0. The standard InChI is InChI=1S/C19H32N2O3/c1-2-3-4-5-6-7-8-9-10-11-12-13-14-15-16-17-18(22)24-21-19(20)23/h3-4,6-7,9-10H,2,5,8,11-17H2,1H3,(H3,20,21,23)/b4-3-,7-6-,10-9-. The summed E-state index contributed by atoms with van der Waals surface area (Å²) in [6, 6.07) is -0.861. The smallest absolute Gasteiger partial charge is 0.345 e. The van der Waals surface area contributed by atoms with E-state index < -0.39 is 12.0 Å². The first-order valence-corrected chi connectivity index (χ1v) is 8.87. The van der Waals surface area contributed by atoms with Gasteiger partial charge in [0.25, 0.3) is 0 Å². The Morgan fingerprint density at radius 1 is 0.875 bits per heavy atom. The van der Waals surface area contributed by atoms with E-state index in [0.29, 0.717) is 6.42 Å². The largest absolute Gasteiger partial charge is 0.349 e. The zero-order valence-corrected chi connectivity index (χ0v) is 14.8. The maximum absolute atomic E-state index is 11.2. The van der Waals surface area contributed by atoms with Crippen LogP contribution in [0.25, 0.3) is 0 Å². The second kappa shape index (κ2) is 17.3. The third-order valence-corrected chi connectivity index (χ3v) is 3.30. The fourth-order valence-electron chi connectivity index (χ4n) is 2.05. The number of carbonyl (C=O) groups excluding carboxylic acids is 2. The van der Waals surface area contributed by atoms with Crippen LogP contribution in [0.15, 0.2) is 36.5 Å². The molecule has 2 amide bonds. The van der Waals surface area contributed by atoms with Crippen molar-refractivity contribution in [1.82, 2.24) is 5.48 Å². The van der Waals surface area contributed by atoms with Crippen LogP contribution in [0.1, 0.15) is 71.1 Å². The SMILES string of the molecule is CC/C=C\C/C=C\C/C=C\CCCCCCCC(=O)ONC(N)=O. The number of hydrogen-bond acceptors (Lipinski definition) is 3. The Labute approximate surface area is 146 Å². The van der Waals surface area contributed by atoms with E-state index >= 15 is 0 Å². The Bertz CT molecular complexity index is 415. The molecule has 0 atom stereocenters. The van der Waals surface area contributed by atoms with Gasteiger partial charge in [-0.2, -0.15) is 5.48 Å². The van der Waals surface area contributed by atoms with Crippen LogP contribution in [0.5, 0.6) is 0 Å². The van der Waals surface area contributed by atoms with Gasteiger partial charge in [-0.1, -0.05) is 62.6 Å². The molecule has 0 bridgehead atoms. The van der Waals surface area contributed by atoms with Crippen molar-refractivity contribution < 1.29 is 14.4 Å². The molecule has 0 aromatic heterocycles. The third kappa shape index (κ3) is 18.0. The lowest BCUT2D eigenvalue weighted by molar-refractivity contribution is -0.148. The molecule has 0 spiro atoms. The van der Waals surface area contributed by atoms with Gasteiger partial charge in [-0.15, -0.1) is 0 Å². The van der Waals surface area contributed by atoms with Crippen LogP contribution in [0.4, 0.5) is 4.79 Å². The van der Waals surface area contributed by atoms with Crippen molar-refractivity contribution in [3.63, 3.8) is 0 Å². The fourth-order valence-corrected chi connectivity index (χ4v) is 2.05. The summed E-state index contributed by atoms with van der Waals surface area (Å²) in [7, 11) is 0. The van der Waals surface area contributed by atoms with Crippen molar-refractivity contribution in [3.05, 3.63) is 36.5 Å². The summed E-state index contributed by atoms with van der Waals surface area (Å²) in [6.07, 6.45) is 22.9. The molecule has 0 saturated carbocycles. The highest BCUT2D eigenvalue weighted by molar-refractivity contribution is 5.75. The van der Waals surface area contributed by atoms with E-state index in [9.17, 15) is 9.59 Å². The van der Waals surface area contributed by atoms with Gasteiger partial charge in [0, 0.05) is 6.42 Å². The quantitative estimate of drug-likeness (QED) is 0.290. The molecule has 0 aromatic carbocycles. The zero-order chi connectivity index (χ0) is 17.9. The van der Waals surface area contributed by atoms with Crippen molar-refractivity contribution in [3.8, 4) is 0 Å². The Morgan fingerprint density at radius 2 is 1.46 bits per heavy atom. The summed E-state index contributed by atoms with van der Waals surface area (Å²) in [5.41, 5.74) is 6.61. The van der Waals surface area contributed by atoms with Gasteiger partial charge in [-0.3, -0.25) is 0 Å². The van der Waals surface area contributed by atoms with Crippen molar-refractivity contribution in [2.24, 2.45) is 5.73 Å². The molecule has 0 rings (SSSR count). The Morgan fingerprint density at radius 3 is 2.12 bits per heavy atom. The van der Waals surface area contributed by atoms with E-state index in [1.807, 2.05) is 5.48 Å². The van der Waals surface area contributed by atoms with Crippen LogP contribution < -0.4 is 11.2 Å². The maximum atomic E-state index is 11.2. The van der Waals surface area contributed by atoms with Crippen molar-refractivity contribution >= 4 is 12.0 Å². The van der Waals surface area contributed by atoms with Gasteiger partial charge in [0.15, 0.2) is 0 Å². The lowest BCUT2D eigenvalue weighted by atomic mass is 10.1. The van der Waals surface area contributed by atoms with Crippen LogP contribution in [-0.4, -0.2) is 12.0 Å². The molecule has 0 heterocycles. The minimum absolute atomic E-state index is 0.306. The number of carbonyl (C=O) groups is 2. The average molecular weight is 336 g/mol. The fraction of sp³-hybridized carbons (Fsp3) is 0.579. The summed E-state index contributed by atoms with van der Waals surface area (Å²) in [5.74, 6) is -0.449. The van der Waals surface area contributed by atoms with E-state index in [1.165, 1.54) is 6.42 Å². The number of unbranched alkanes of at least 4 members (excludes halogenated alkanes) is 5. The highest BCUT2D eigenvalue weighted by Crippen LogP contribution is 2.08. The second-order valence-electron chi connectivity index (χ2n) is 5.54. The van der Waals surface area contributed by atoms with Gasteiger partial charge in [0.05, 0.1) is 0 Å². The molecule has 0 aliphatic carbocycles. The highest BCUT2D eigenvalue weighted by Gasteiger charge is 2.03. The molecule has 0 aliphatic rings. The molecule has 0 radical (unpaired) electrons. The topological polar surface area (TPSA) is 81.4 Å². The lowest BCUT2D eigenvalue weighted by Crippen LogP contribution is -2.31. The minimum Gasteiger partial charge on any atom is -0.349 e. The molecule has 0 aromatic rings. The number of urea groups is 1. The number of primary amides is 1. The van der Waals surface area contributed by atoms with Crippen LogP contribution in [0.3, 0.4) is 0 Å².